The Balaban J connectivity index is 1.47. The van der Waals surface area contributed by atoms with Crippen LogP contribution in [0.1, 0.15) is 28.7 Å². The number of ether oxygens (including phenoxy) is 1. The van der Waals surface area contributed by atoms with Crippen molar-refractivity contribution in [2.45, 2.75) is 25.9 Å². The topological polar surface area (TPSA) is 64.7 Å². The van der Waals surface area contributed by atoms with Crippen molar-refractivity contribution in [3.05, 3.63) is 41.2 Å². The van der Waals surface area contributed by atoms with Gasteiger partial charge in [0, 0.05) is 62.1 Å². The van der Waals surface area contributed by atoms with Crippen LogP contribution >= 0.6 is 0 Å². The van der Waals surface area contributed by atoms with Gasteiger partial charge in [0.25, 0.3) is 5.91 Å². The van der Waals surface area contributed by atoms with Gasteiger partial charge in [-0.05, 0) is 38.2 Å². The van der Waals surface area contributed by atoms with E-state index in [1.54, 1.807) is 7.11 Å². The van der Waals surface area contributed by atoms with Crippen molar-refractivity contribution in [1.82, 2.24) is 20.0 Å². The fourth-order valence-corrected chi connectivity index (χ4v) is 4.03. The van der Waals surface area contributed by atoms with E-state index in [2.05, 4.69) is 46.1 Å². The molecule has 1 fully saturated rings. The number of likely N-dealkylation sites (N-methyl/N-ethyl adjacent to an activating group) is 1. The van der Waals surface area contributed by atoms with Gasteiger partial charge in [-0.3, -0.25) is 9.89 Å². The molecule has 2 aliphatic rings. The maximum atomic E-state index is 13.2. The van der Waals surface area contributed by atoms with E-state index >= 15 is 0 Å². The SMILES string of the molecule is COc1ccc(N2CCN(C(=O)c3n[nH]c4c3CN(C)CC4)[C@@H](C)C2)cc1. The highest BCUT2D eigenvalue weighted by Crippen LogP contribution is 2.25. The highest BCUT2D eigenvalue weighted by atomic mass is 16.5. The van der Waals surface area contributed by atoms with Crippen LogP contribution in [0.15, 0.2) is 24.3 Å². The third kappa shape index (κ3) is 3.39. The molecule has 1 saturated heterocycles. The van der Waals surface area contributed by atoms with Gasteiger partial charge in [0.1, 0.15) is 5.75 Å². The second kappa shape index (κ2) is 7.23. The quantitative estimate of drug-likeness (QED) is 0.893. The summed E-state index contributed by atoms with van der Waals surface area (Å²) in [5.74, 6) is 0.901. The standard InChI is InChI=1S/C20H27N5O2/c1-14-12-24(15-4-6-16(27-3)7-5-15)10-11-25(14)20(26)19-17-13-23(2)9-8-18(17)21-22-19/h4-7,14H,8-13H2,1-3H3,(H,21,22)/t14-/m0/s1. The van der Waals surface area contributed by atoms with Crippen LogP contribution in [0.2, 0.25) is 0 Å². The zero-order chi connectivity index (χ0) is 19.0. The van der Waals surface area contributed by atoms with Gasteiger partial charge >= 0.3 is 0 Å². The first-order chi connectivity index (χ1) is 13.1. The number of methoxy groups -OCH3 is 1. The van der Waals surface area contributed by atoms with Gasteiger partial charge in [0.05, 0.1) is 7.11 Å². The van der Waals surface area contributed by atoms with E-state index in [0.29, 0.717) is 12.2 Å². The molecule has 1 N–H and O–H groups in total. The lowest BCUT2D eigenvalue weighted by molar-refractivity contribution is 0.0665. The van der Waals surface area contributed by atoms with Crippen LogP contribution in [-0.2, 0) is 13.0 Å². The second-order valence-electron chi connectivity index (χ2n) is 7.51. The van der Waals surface area contributed by atoms with Crippen LogP contribution in [0.25, 0.3) is 0 Å². The molecule has 27 heavy (non-hydrogen) atoms. The summed E-state index contributed by atoms with van der Waals surface area (Å²) >= 11 is 0. The van der Waals surface area contributed by atoms with Crippen LogP contribution in [0.3, 0.4) is 0 Å². The molecule has 3 heterocycles. The number of amides is 1. The zero-order valence-corrected chi connectivity index (χ0v) is 16.2. The number of anilines is 1. The van der Waals surface area contributed by atoms with Crippen LogP contribution in [0, 0.1) is 0 Å². The summed E-state index contributed by atoms with van der Waals surface area (Å²) in [6.07, 6.45) is 0.924. The summed E-state index contributed by atoms with van der Waals surface area (Å²) in [5, 5.41) is 7.45. The maximum absolute atomic E-state index is 13.2. The van der Waals surface area contributed by atoms with Gasteiger partial charge in [0.15, 0.2) is 5.69 Å². The number of hydrogen-bond acceptors (Lipinski definition) is 5. The molecule has 1 amide bonds. The Morgan fingerprint density at radius 2 is 2.00 bits per heavy atom. The average Bonchev–Trinajstić information content (AvgIpc) is 3.10. The van der Waals surface area contributed by atoms with Crippen molar-refractivity contribution >= 4 is 11.6 Å². The lowest BCUT2D eigenvalue weighted by atomic mass is 10.0. The minimum absolute atomic E-state index is 0.0460. The summed E-state index contributed by atoms with van der Waals surface area (Å²) in [5.41, 5.74) is 3.94. The van der Waals surface area contributed by atoms with E-state index in [1.165, 1.54) is 0 Å². The van der Waals surface area contributed by atoms with E-state index < -0.39 is 0 Å². The number of hydrogen-bond donors (Lipinski definition) is 1. The number of fused-ring (bicyclic) bond motifs is 1. The van der Waals surface area contributed by atoms with E-state index in [1.807, 2.05) is 17.0 Å². The third-order valence-electron chi connectivity index (χ3n) is 5.65. The highest BCUT2D eigenvalue weighted by Gasteiger charge is 2.32. The number of carbonyl (C=O) groups is 1. The Kier molecular flexibility index (Phi) is 4.78. The fourth-order valence-electron chi connectivity index (χ4n) is 4.03. The summed E-state index contributed by atoms with van der Waals surface area (Å²) < 4.78 is 5.24. The van der Waals surface area contributed by atoms with Crippen LogP contribution < -0.4 is 9.64 Å². The second-order valence-corrected chi connectivity index (χ2v) is 7.51. The Hall–Kier alpha value is -2.54. The van der Waals surface area contributed by atoms with Crippen molar-refractivity contribution in [2.24, 2.45) is 0 Å². The number of rotatable bonds is 3. The molecule has 1 aromatic carbocycles. The minimum Gasteiger partial charge on any atom is -0.497 e. The van der Waals surface area contributed by atoms with E-state index in [9.17, 15) is 4.79 Å². The van der Waals surface area contributed by atoms with Gasteiger partial charge in [-0.1, -0.05) is 0 Å². The first-order valence-corrected chi connectivity index (χ1v) is 9.51. The van der Waals surface area contributed by atoms with Crippen LogP contribution in [0.4, 0.5) is 5.69 Å². The lowest BCUT2D eigenvalue weighted by Gasteiger charge is -2.41. The smallest absolute Gasteiger partial charge is 0.275 e. The summed E-state index contributed by atoms with van der Waals surface area (Å²) in [7, 11) is 3.76. The fraction of sp³-hybridized carbons (Fsp3) is 0.500. The number of carbonyl (C=O) groups excluding carboxylic acids is 1. The average molecular weight is 369 g/mol. The molecule has 0 saturated carbocycles. The summed E-state index contributed by atoms with van der Waals surface area (Å²) in [6, 6.07) is 8.22. The number of piperazine rings is 1. The molecule has 1 atom stereocenters. The minimum atomic E-state index is 0.0460. The predicted molar refractivity (Wildman–Crippen MR) is 104 cm³/mol. The largest absolute Gasteiger partial charge is 0.497 e. The molecule has 2 aliphatic heterocycles. The Morgan fingerprint density at radius 3 is 2.70 bits per heavy atom. The van der Waals surface area contributed by atoms with Crippen molar-refractivity contribution in [2.75, 3.05) is 45.2 Å². The molecular weight excluding hydrogens is 342 g/mol. The number of nitrogens with one attached hydrogen (secondary N) is 1. The first-order valence-electron chi connectivity index (χ1n) is 9.51. The Morgan fingerprint density at radius 1 is 1.22 bits per heavy atom. The van der Waals surface area contributed by atoms with Crippen molar-refractivity contribution < 1.29 is 9.53 Å². The molecule has 2 aromatic rings. The molecular formula is C20H27N5O2. The number of H-pyrrole nitrogens is 1. The normalized spacial score (nSPS) is 20.5. The number of benzene rings is 1. The summed E-state index contributed by atoms with van der Waals surface area (Å²) in [6.45, 7) is 6.22. The van der Waals surface area contributed by atoms with E-state index in [4.69, 9.17) is 4.74 Å². The van der Waals surface area contributed by atoms with Crippen LogP contribution in [0.5, 0.6) is 5.75 Å². The molecule has 7 heteroatoms. The van der Waals surface area contributed by atoms with Gasteiger partial charge in [-0.2, -0.15) is 5.10 Å². The monoisotopic (exact) mass is 369 g/mol. The number of aromatic nitrogens is 2. The van der Waals surface area contributed by atoms with E-state index in [-0.39, 0.29) is 11.9 Å². The molecule has 0 radical (unpaired) electrons. The molecule has 0 bridgehead atoms. The van der Waals surface area contributed by atoms with E-state index in [0.717, 1.165) is 55.3 Å². The highest BCUT2D eigenvalue weighted by molar-refractivity contribution is 5.94. The summed E-state index contributed by atoms with van der Waals surface area (Å²) in [4.78, 5) is 19.7. The lowest BCUT2D eigenvalue weighted by Crippen LogP contribution is -2.54. The number of nitrogens with zero attached hydrogens (tertiary/aromatic N) is 4. The third-order valence-corrected chi connectivity index (χ3v) is 5.65. The van der Waals surface area contributed by atoms with Gasteiger partial charge < -0.3 is 19.4 Å². The Bertz CT molecular complexity index is 816. The Labute approximate surface area is 159 Å². The van der Waals surface area contributed by atoms with Crippen molar-refractivity contribution in [1.29, 1.82) is 0 Å². The van der Waals surface area contributed by atoms with Crippen molar-refractivity contribution in [3.8, 4) is 5.75 Å². The molecule has 1 aromatic heterocycles. The first kappa shape index (κ1) is 17.9. The van der Waals surface area contributed by atoms with Crippen LogP contribution in [-0.4, -0.2) is 72.3 Å². The zero-order valence-electron chi connectivity index (χ0n) is 16.2. The van der Waals surface area contributed by atoms with Gasteiger partial charge in [0.2, 0.25) is 0 Å². The van der Waals surface area contributed by atoms with Gasteiger partial charge in [-0.15, -0.1) is 0 Å². The predicted octanol–water partition coefficient (Wildman–Crippen LogP) is 1.76. The number of aromatic amines is 1. The molecule has 7 nitrogen and oxygen atoms in total. The molecule has 0 spiro atoms. The molecule has 144 valence electrons. The van der Waals surface area contributed by atoms with Crippen molar-refractivity contribution in [3.63, 3.8) is 0 Å². The molecule has 0 aliphatic carbocycles. The molecule has 0 unspecified atom stereocenters. The maximum Gasteiger partial charge on any atom is 0.275 e. The molecule has 4 rings (SSSR count). The van der Waals surface area contributed by atoms with Gasteiger partial charge in [-0.25, -0.2) is 0 Å².